The van der Waals surface area contributed by atoms with E-state index in [-0.39, 0.29) is 0 Å². The maximum Gasteiger partial charge on any atom is 0.0249 e. The molecule has 0 aromatic heterocycles. The predicted molar refractivity (Wildman–Crippen MR) is 139 cm³/mol. The first-order valence-electron chi connectivity index (χ1n) is 14.0. The Hall–Kier alpha value is -1.48. The van der Waals surface area contributed by atoms with Crippen molar-refractivity contribution < 1.29 is 0 Å². The average molecular weight is 431 g/mol. The second kappa shape index (κ2) is 12.1. The van der Waals surface area contributed by atoms with E-state index in [1.165, 1.54) is 95.5 Å². The fourth-order valence-electron chi connectivity index (χ4n) is 6.93. The van der Waals surface area contributed by atoms with E-state index in [9.17, 15) is 0 Å². The molecule has 1 aromatic rings. The number of hydrogen-bond acceptors (Lipinski definition) is 0. The van der Waals surface area contributed by atoms with Crippen LogP contribution in [0, 0.1) is 41.4 Å². The van der Waals surface area contributed by atoms with Crippen molar-refractivity contribution in [2.24, 2.45) is 29.6 Å². The molecular formula is C32H46. The van der Waals surface area contributed by atoms with E-state index in [1.807, 2.05) is 0 Å². The monoisotopic (exact) mass is 430 g/mol. The lowest BCUT2D eigenvalue weighted by molar-refractivity contribution is 0.154. The van der Waals surface area contributed by atoms with Crippen LogP contribution in [0.4, 0.5) is 0 Å². The molecule has 3 aliphatic carbocycles. The zero-order chi connectivity index (χ0) is 22.2. The van der Waals surface area contributed by atoms with E-state index in [0.717, 1.165) is 41.1 Å². The average Bonchev–Trinajstić information content (AvgIpc) is 2.87. The Morgan fingerprint density at radius 1 is 0.688 bits per heavy atom. The SMILES string of the molecule is CC[C@H]1CC[C@H](c2ccc(C#C/C=C/C3CCC([C@H]4CC[C@H](CC)CC4)CC3)cc2)CC1. The van der Waals surface area contributed by atoms with Crippen LogP contribution in [0.25, 0.3) is 0 Å². The zero-order valence-corrected chi connectivity index (χ0v) is 20.8. The Bertz CT molecular complexity index is 748. The third-order valence-electron chi connectivity index (χ3n) is 9.43. The second-order valence-corrected chi connectivity index (χ2v) is 11.2. The van der Waals surface area contributed by atoms with Gasteiger partial charge in [-0.2, -0.15) is 0 Å². The number of hydrogen-bond donors (Lipinski definition) is 0. The summed E-state index contributed by atoms with van der Waals surface area (Å²) < 4.78 is 0. The maximum absolute atomic E-state index is 3.36. The molecule has 0 spiro atoms. The van der Waals surface area contributed by atoms with Crippen LogP contribution in [0.5, 0.6) is 0 Å². The molecule has 0 aliphatic heterocycles. The Balaban J connectivity index is 1.19. The highest BCUT2D eigenvalue weighted by Crippen LogP contribution is 2.42. The van der Waals surface area contributed by atoms with Gasteiger partial charge in [0, 0.05) is 5.56 Å². The van der Waals surface area contributed by atoms with Gasteiger partial charge in [0.2, 0.25) is 0 Å². The maximum atomic E-state index is 3.36. The fourth-order valence-corrected chi connectivity index (χ4v) is 6.93. The van der Waals surface area contributed by atoms with Gasteiger partial charge in [0.15, 0.2) is 0 Å². The lowest BCUT2D eigenvalue weighted by atomic mass is 9.69. The Labute approximate surface area is 198 Å². The van der Waals surface area contributed by atoms with Crippen LogP contribution in [0.1, 0.15) is 121 Å². The van der Waals surface area contributed by atoms with Gasteiger partial charge in [0.05, 0.1) is 0 Å². The van der Waals surface area contributed by atoms with Crippen LogP contribution in [-0.4, -0.2) is 0 Å². The third kappa shape index (κ3) is 6.53. The minimum atomic E-state index is 0.758. The summed E-state index contributed by atoms with van der Waals surface area (Å²) in [7, 11) is 0. The molecule has 1 aromatic carbocycles. The summed E-state index contributed by atoms with van der Waals surface area (Å²) in [6.07, 6.45) is 24.5. The van der Waals surface area contributed by atoms with Crippen LogP contribution in [0.15, 0.2) is 36.4 Å². The molecule has 0 heteroatoms. The van der Waals surface area contributed by atoms with Gasteiger partial charge in [0.25, 0.3) is 0 Å². The summed E-state index contributed by atoms with van der Waals surface area (Å²) >= 11 is 0. The minimum absolute atomic E-state index is 0.758. The normalized spacial score (nSPS) is 33.6. The largest absolute Gasteiger partial charge is 0.0730 e. The molecule has 0 unspecified atom stereocenters. The van der Waals surface area contributed by atoms with Crippen molar-refractivity contribution in [1.82, 2.24) is 0 Å². The Kier molecular flexibility index (Phi) is 8.96. The van der Waals surface area contributed by atoms with E-state index in [4.69, 9.17) is 0 Å². The molecule has 0 nitrogen and oxygen atoms in total. The minimum Gasteiger partial charge on any atom is -0.0730 e. The second-order valence-electron chi connectivity index (χ2n) is 11.2. The smallest absolute Gasteiger partial charge is 0.0249 e. The molecule has 0 atom stereocenters. The van der Waals surface area contributed by atoms with Crippen molar-refractivity contribution in [3.05, 3.63) is 47.5 Å². The molecule has 3 aliphatic rings. The molecule has 3 fully saturated rings. The van der Waals surface area contributed by atoms with Gasteiger partial charge < -0.3 is 0 Å². The van der Waals surface area contributed by atoms with E-state index in [2.05, 4.69) is 62.1 Å². The van der Waals surface area contributed by atoms with Gasteiger partial charge in [0.1, 0.15) is 0 Å². The van der Waals surface area contributed by atoms with E-state index >= 15 is 0 Å². The molecule has 0 bridgehead atoms. The van der Waals surface area contributed by atoms with Crippen LogP contribution in [0.2, 0.25) is 0 Å². The first kappa shape index (κ1) is 23.7. The summed E-state index contributed by atoms with van der Waals surface area (Å²) in [5, 5.41) is 0. The quantitative estimate of drug-likeness (QED) is 0.408. The Morgan fingerprint density at radius 3 is 1.78 bits per heavy atom. The molecular weight excluding hydrogens is 384 g/mol. The van der Waals surface area contributed by atoms with Gasteiger partial charge in [-0.3, -0.25) is 0 Å². The standard InChI is InChI=1S/C32H46/c1-3-25-9-17-29(18-10-25)31-21-13-27(14-22-31)7-5-6-8-28-15-23-32(24-16-28)30-19-11-26(4-2)12-20-30/h5,7,15-16,23-27,29-31H,3-4,9-14,17-22H2,1-2H3/b7-5+/t25-,26-,27?,29-,30-,31?. The van der Waals surface area contributed by atoms with Crippen LogP contribution in [0.3, 0.4) is 0 Å². The predicted octanol–water partition coefficient (Wildman–Crippen LogP) is 9.30. The van der Waals surface area contributed by atoms with E-state index in [0.29, 0.717) is 0 Å². The molecule has 0 saturated heterocycles. The van der Waals surface area contributed by atoms with Crippen molar-refractivity contribution >= 4 is 0 Å². The van der Waals surface area contributed by atoms with Gasteiger partial charge >= 0.3 is 0 Å². The fraction of sp³-hybridized carbons (Fsp3) is 0.688. The van der Waals surface area contributed by atoms with Crippen molar-refractivity contribution in [2.75, 3.05) is 0 Å². The number of allylic oxidation sites excluding steroid dienone is 2. The topological polar surface area (TPSA) is 0 Å². The highest BCUT2D eigenvalue weighted by atomic mass is 14.3. The van der Waals surface area contributed by atoms with Gasteiger partial charge in [-0.1, -0.05) is 69.6 Å². The highest BCUT2D eigenvalue weighted by molar-refractivity contribution is 5.39. The molecule has 0 N–H and O–H groups in total. The molecule has 0 radical (unpaired) electrons. The third-order valence-corrected chi connectivity index (χ3v) is 9.43. The summed E-state index contributed by atoms with van der Waals surface area (Å²) in [5.41, 5.74) is 2.69. The molecule has 0 amide bonds. The summed E-state index contributed by atoms with van der Waals surface area (Å²) in [6.45, 7) is 4.72. The molecule has 32 heavy (non-hydrogen) atoms. The van der Waals surface area contributed by atoms with Crippen LogP contribution in [-0.2, 0) is 0 Å². The van der Waals surface area contributed by atoms with Crippen LogP contribution >= 0.6 is 0 Å². The first-order chi connectivity index (χ1) is 15.7. The highest BCUT2D eigenvalue weighted by Gasteiger charge is 2.29. The summed E-state index contributed by atoms with van der Waals surface area (Å²) in [5.74, 6) is 12.3. The zero-order valence-electron chi connectivity index (χ0n) is 20.8. The molecule has 3 saturated carbocycles. The van der Waals surface area contributed by atoms with Crippen molar-refractivity contribution in [2.45, 2.75) is 110 Å². The first-order valence-corrected chi connectivity index (χ1v) is 14.0. The van der Waals surface area contributed by atoms with Crippen molar-refractivity contribution in [3.63, 3.8) is 0 Å². The van der Waals surface area contributed by atoms with Gasteiger partial charge in [-0.25, -0.2) is 0 Å². The summed E-state index contributed by atoms with van der Waals surface area (Å²) in [6, 6.07) is 9.14. The molecule has 0 heterocycles. The number of benzene rings is 1. The molecule has 174 valence electrons. The van der Waals surface area contributed by atoms with E-state index < -0.39 is 0 Å². The molecule has 4 rings (SSSR count). The van der Waals surface area contributed by atoms with Gasteiger partial charge in [-0.05, 0) is 123 Å². The summed E-state index contributed by atoms with van der Waals surface area (Å²) in [4.78, 5) is 0. The Morgan fingerprint density at radius 2 is 1.22 bits per heavy atom. The van der Waals surface area contributed by atoms with E-state index in [1.54, 1.807) is 0 Å². The van der Waals surface area contributed by atoms with Crippen molar-refractivity contribution in [1.29, 1.82) is 0 Å². The van der Waals surface area contributed by atoms with Gasteiger partial charge in [-0.15, -0.1) is 0 Å². The van der Waals surface area contributed by atoms with Crippen LogP contribution < -0.4 is 0 Å². The number of rotatable bonds is 5. The lowest BCUT2D eigenvalue weighted by Gasteiger charge is -2.37. The van der Waals surface area contributed by atoms with Crippen molar-refractivity contribution in [3.8, 4) is 11.8 Å². The lowest BCUT2D eigenvalue weighted by Crippen LogP contribution is -2.25.